The van der Waals surface area contributed by atoms with E-state index in [2.05, 4.69) is 5.32 Å². The van der Waals surface area contributed by atoms with Crippen LogP contribution in [0.4, 0.5) is 0 Å². The summed E-state index contributed by atoms with van der Waals surface area (Å²) < 4.78 is 17.3. The number of carbonyl (C=O) groups excluding carboxylic acids is 1. The van der Waals surface area contributed by atoms with E-state index in [1.807, 2.05) is 55.5 Å². The predicted molar refractivity (Wildman–Crippen MR) is 116 cm³/mol. The first-order valence-corrected chi connectivity index (χ1v) is 10.1. The largest absolute Gasteiger partial charge is 0.491 e. The van der Waals surface area contributed by atoms with Crippen LogP contribution in [0.2, 0.25) is 0 Å². The van der Waals surface area contributed by atoms with Crippen molar-refractivity contribution in [3.05, 3.63) is 64.6 Å². The molecule has 146 valence electrons. The lowest BCUT2D eigenvalue weighted by Gasteiger charge is -2.09. The topological polar surface area (TPSA) is 56.8 Å². The number of thioether (sulfide) groups is 1. The molecule has 1 fully saturated rings. The van der Waals surface area contributed by atoms with E-state index in [0.29, 0.717) is 35.7 Å². The van der Waals surface area contributed by atoms with Gasteiger partial charge in [0.2, 0.25) is 0 Å². The molecule has 2 aromatic carbocycles. The minimum absolute atomic E-state index is 0.164. The average Bonchev–Trinajstić information content (AvgIpc) is 2.99. The van der Waals surface area contributed by atoms with E-state index in [1.54, 1.807) is 6.08 Å². The van der Waals surface area contributed by atoms with E-state index in [1.165, 1.54) is 17.3 Å². The fourth-order valence-corrected chi connectivity index (χ4v) is 3.48. The van der Waals surface area contributed by atoms with Gasteiger partial charge in [-0.15, -0.1) is 0 Å². The highest BCUT2D eigenvalue weighted by Gasteiger charge is 2.21. The van der Waals surface area contributed by atoms with E-state index in [9.17, 15) is 4.79 Å². The first-order chi connectivity index (χ1) is 13.6. The first kappa shape index (κ1) is 20.4. The molecule has 1 saturated heterocycles. The van der Waals surface area contributed by atoms with Crippen molar-refractivity contribution in [3.63, 3.8) is 0 Å². The lowest BCUT2D eigenvalue weighted by molar-refractivity contribution is -0.115. The Hall–Kier alpha value is -2.35. The third-order valence-electron chi connectivity index (χ3n) is 3.81. The summed E-state index contributed by atoms with van der Waals surface area (Å²) in [5.74, 6) is 1.40. The Balaban J connectivity index is 1.36. The molecular weight excluding hydrogens is 394 g/mol. The van der Waals surface area contributed by atoms with E-state index in [-0.39, 0.29) is 5.91 Å². The Bertz CT molecular complexity index is 865. The van der Waals surface area contributed by atoms with Crippen LogP contribution in [0.5, 0.6) is 11.5 Å². The molecule has 1 aliphatic rings. The summed E-state index contributed by atoms with van der Waals surface area (Å²) in [4.78, 5) is 12.3. The molecule has 3 rings (SSSR count). The molecule has 0 aliphatic carbocycles. The molecule has 1 aliphatic heterocycles. The monoisotopic (exact) mass is 415 g/mol. The van der Waals surface area contributed by atoms with Gasteiger partial charge in [-0.2, -0.15) is 0 Å². The van der Waals surface area contributed by atoms with Gasteiger partial charge in [0.05, 0.1) is 18.1 Å². The number of hydrogen-bond donors (Lipinski definition) is 1. The molecule has 0 aromatic heterocycles. The van der Waals surface area contributed by atoms with Crippen molar-refractivity contribution in [2.45, 2.75) is 6.92 Å². The van der Waals surface area contributed by atoms with Gasteiger partial charge in [0.15, 0.2) is 0 Å². The number of rotatable bonds is 9. The molecule has 1 heterocycles. The summed E-state index contributed by atoms with van der Waals surface area (Å²) in [6, 6.07) is 15.5. The minimum atomic E-state index is -0.164. The SMILES string of the molecule is Cc1ccc(OCCOCCOc2cccc(/C=C3/SC(=S)NC3=O)c2)cc1. The quantitative estimate of drug-likeness (QED) is 0.380. The maximum absolute atomic E-state index is 11.7. The number of nitrogens with one attached hydrogen (secondary N) is 1. The zero-order valence-electron chi connectivity index (χ0n) is 15.5. The van der Waals surface area contributed by atoms with Crippen LogP contribution in [-0.2, 0) is 9.53 Å². The number of amides is 1. The van der Waals surface area contributed by atoms with Crippen molar-refractivity contribution in [3.8, 4) is 11.5 Å². The second-order valence-electron chi connectivity index (χ2n) is 6.05. The summed E-state index contributed by atoms with van der Waals surface area (Å²) in [7, 11) is 0. The lowest BCUT2D eigenvalue weighted by Crippen LogP contribution is -2.17. The Morgan fingerprint density at radius 1 is 1.00 bits per heavy atom. The van der Waals surface area contributed by atoms with Gasteiger partial charge in [-0.05, 0) is 42.8 Å². The van der Waals surface area contributed by atoms with E-state index < -0.39 is 0 Å². The molecule has 1 amide bonds. The van der Waals surface area contributed by atoms with Crippen molar-refractivity contribution in [1.29, 1.82) is 0 Å². The number of ether oxygens (including phenoxy) is 3. The van der Waals surface area contributed by atoms with Crippen molar-refractivity contribution in [2.75, 3.05) is 26.4 Å². The summed E-state index contributed by atoms with van der Waals surface area (Å²) in [6.07, 6.45) is 1.80. The van der Waals surface area contributed by atoms with Gasteiger partial charge < -0.3 is 19.5 Å². The molecule has 5 nitrogen and oxygen atoms in total. The van der Waals surface area contributed by atoms with Gasteiger partial charge in [-0.1, -0.05) is 53.8 Å². The summed E-state index contributed by atoms with van der Waals surface area (Å²) in [5.41, 5.74) is 2.09. The Morgan fingerprint density at radius 3 is 2.39 bits per heavy atom. The molecular formula is C21H21NO4S2. The summed E-state index contributed by atoms with van der Waals surface area (Å²) in [5, 5.41) is 2.60. The molecule has 0 atom stereocenters. The molecule has 0 spiro atoms. The Kier molecular flexibility index (Phi) is 7.47. The maximum Gasteiger partial charge on any atom is 0.263 e. The van der Waals surface area contributed by atoms with Crippen LogP contribution >= 0.6 is 24.0 Å². The standard InChI is InChI=1S/C21H21NO4S2/c1-15-5-7-17(8-6-15)25-11-9-24-10-12-26-18-4-2-3-16(13-18)14-19-20(23)22-21(27)28-19/h2-8,13-14H,9-12H2,1H3,(H,22,23,27)/b19-14+. The Labute approximate surface area is 174 Å². The Morgan fingerprint density at radius 2 is 1.71 bits per heavy atom. The molecule has 0 unspecified atom stereocenters. The molecule has 0 bridgehead atoms. The second-order valence-corrected chi connectivity index (χ2v) is 7.77. The van der Waals surface area contributed by atoms with E-state index in [4.69, 9.17) is 26.4 Å². The zero-order chi connectivity index (χ0) is 19.8. The summed E-state index contributed by atoms with van der Waals surface area (Å²) >= 11 is 6.25. The van der Waals surface area contributed by atoms with Crippen molar-refractivity contribution in [2.24, 2.45) is 0 Å². The summed E-state index contributed by atoms with van der Waals surface area (Å²) in [6.45, 7) is 3.93. The van der Waals surface area contributed by atoms with Crippen molar-refractivity contribution >= 4 is 40.3 Å². The highest BCUT2D eigenvalue weighted by molar-refractivity contribution is 8.26. The van der Waals surface area contributed by atoms with Gasteiger partial charge in [0.1, 0.15) is 29.0 Å². The highest BCUT2D eigenvalue weighted by atomic mass is 32.2. The van der Waals surface area contributed by atoms with Crippen molar-refractivity contribution < 1.29 is 19.0 Å². The average molecular weight is 416 g/mol. The molecule has 1 N–H and O–H groups in total. The van der Waals surface area contributed by atoms with Gasteiger partial charge in [0, 0.05) is 0 Å². The van der Waals surface area contributed by atoms with Gasteiger partial charge in [-0.3, -0.25) is 4.79 Å². The first-order valence-electron chi connectivity index (χ1n) is 8.85. The third-order valence-corrected chi connectivity index (χ3v) is 4.97. The smallest absolute Gasteiger partial charge is 0.263 e. The van der Waals surface area contributed by atoms with Crippen LogP contribution in [0.1, 0.15) is 11.1 Å². The highest BCUT2D eigenvalue weighted by Crippen LogP contribution is 2.26. The fourth-order valence-electron chi connectivity index (χ4n) is 2.44. The predicted octanol–water partition coefficient (Wildman–Crippen LogP) is 3.96. The van der Waals surface area contributed by atoms with Crippen LogP contribution in [0.3, 0.4) is 0 Å². The lowest BCUT2D eigenvalue weighted by atomic mass is 10.2. The van der Waals surface area contributed by atoms with Crippen LogP contribution in [0, 0.1) is 6.92 Å². The molecule has 2 aromatic rings. The van der Waals surface area contributed by atoms with E-state index >= 15 is 0 Å². The molecule has 0 radical (unpaired) electrons. The normalized spacial score (nSPS) is 15.0. The van der Waals surface area contributed by atoms with Crippen molar-refractivity contribution in [1.82, 2.24) is 5.32 Å². The van der Waals surface area contributed by atoms with Gasteiger partial charge in [-0.25, -0.2) is 0 Å². The maximum atomic E-state index is 11.7. The number of benzene rings is 2. The van der Waals surface area contributed by atoms with Crippen LogP contribution in [0.25, 0.3) is 6.08 Å². The zero-order valence-corrected chi connectivity index (χ0v) is 17.1. The van der Waals surface area contributed by atoms with E-state index in [0.717, 1.165) is 17.1 Å². The second kappa shape index (κ2) is 10.3. The van der Waals surface area contributed by atoms with Gasteiger partial charge >= 0.3 is 0 Å². The van der Waals surface area contributed by atoms with Crippen LogP contribution in [0.15, 0.2) is 53.4 Å². The minimum Gasteiger partial charge on any atom is -0.491 e. The molecule has 7 heteroatoms. The molecule has 0 saturated carbocycles. The number of hydrogen-bond acceptors (Lipinski definition) is 6. The number of carbonyl (C=O) groups is 1. The molecule has 28 heavy (non-hydrogen) atoms. The number of thiocarbonyl (C=S) groups is 1. The fraction of sp³-hybridized carbons (Fsp3) is 0.238. The number of aryl methyl sites for hydroxylation is 1. The third kappa shape index (κ3) is 6.37. The van der Waals surface area contributed by atoms with Crippen LogP contribution < -0.4 is 14.8 Å². The van der Waals surface area contributed by atoms with Crippen LogP contribution in [-0.4, -0.2) is 36.7 Å². The van der Waals surface area contributed by atoms with Gasteiger partial charge in [0.25, 0.3) is 5.91 Å².